The molecule has 0 radical (unpaired) electrons. The topological polar surface area (TPSA) is 66.4 Å². The van der Waals surface area contributed by atoms with Crippen molar-refractivity contribution in [1.29, 1.82) is 0 Å². The first-order valence-electron chi connectivity index (χ1n) is 7.56. The van der Waals surface area contributed by atoms with Crippen LogP contribution in [-0.2, 0) is 4.74 Å². The van der Waals surface area contributed by atoms with E-state index in [1.165, 1.54) is 0 Å². The van der Waals surface area contributed by atoms with Crippen LogP contribution < -0.4 is 15.1 Å². The van der Waals surface area contributed by atoms with Crippen molar-refractivity contribution in [2.75, 3.05) is 55.0 Å². The third kappa shape index (κ3) is 3.34. The van der Waals surface area contributed by atoms with Gasteiger partial charge in [0, 0.05) is 26.7 Å². The number of hydrogen-bond donors (Lipinski definition) is 1. The maximum Gasteiger partial charge on any atom is 0.232 e. The predicted molar refractivity (Wildman–Crippen MR) is 85.2 cm³/mol. The highest BCUT2D eigenvalue weighted by atomic mass is 16.5. The van der Waals surface area contributed by atoms with Crippen molar-refractivity contribution in [3.63, 3.8) is 0 Å². The quantitative estimate of drug-likeness (QED) is 0.880. The number of rotatable bonds is 5. The Morgan fingerprint density at radius 2 is 1.95 bits per heavy atom. The molecule has 2 heterocycles. The Morgan fingerprint density at radius 3 is 2.52 bits per heavy atom. The van der Waals surface area contributed by atoms with Gasteiger partial charge >= 0.3 is 0 Å². The Labute approximate surface area is 126 Å². The van der Waals surface area contributed by atoms with Crippen molar-refractivity contribution in [2.24, 2.45) is 0 Å². The summed E-state index contributed by atoms with van der Waals surface area (Å²) in [5.41, 5.74) is -0.120. The van der Waals surface area contributed by atoms with E-state index in [1.807, 2.05) is 7.05 Å². The molecular formula is C14H26N6O. The van der Waals surface area contributed by atoms with Crippen molar-refractivity contribution >= 4 is 17.8 Å². The summed E-state index contributed by atoms with van der Waals surface area (Å²) >= 11 is 0. The van der Waals surface area contributed by atoms with E-state index in [0.717, 1.165) is 25.6 Å². The zero-order valence-electron chi connectivity index (χ0n) is 13.7. The summed E-state index contributed by atoms with van der Waals surface area (Å²) in [7, 11) is 1.83. The van der Waals surface area contributed by atoms with Crippen molar-refractivity contribution in [1.82, 2.24) is 15.0 Å². The van der Waals surface area contributed by atoms with Crippen LogP contribution in [0.25, 0.3) is 0 Å². The summed E-state index contributed by atoms with van der Waals surface area (Å²) in [6.07, 6.45) is 0. The second kappa shape index (κ2) is 6.43. The molecule has 1 aliphatic heterocycles. The SMILES string of the molecule is CCN(CC)c1nc(NC)nc(N2CCOCC2(C)C)n1. The summed E-state index contributed by atoms with van der Waals surface area (Å²) in [5.74, 6) is 2.03. The average molecular weight is 294 g/mol. The van der Waals surface area contributed by atoms with Gasteiger partial charge in [0.15, 0.2) is 0 Å². The molecule has 1 N–H and O–H groups in total. The fourth-order valence-corrected chi connectivity index (χ4v) is 2.46. The van der Waals surface area contributed by atoms with Gasteiger partial charge in [0.05, 0.1) is 18.8 Å². The molecule has 0 unspecified atom stereocenters. The minimum atomic E-state index is -0.120. The van der Waals surface area contributed by atoms with Crippen LogP contribution in [0.3, 0.4) is 0 Å². The highest BCUT2D eigenvalue weighted by Gasteiger charge is 2.33. The number of nitrogens with one attached hydrogen (secondary N) is 1. The summed E-state index contributed by atoms with van der Waals surface area (Å²) < 4.78 is 5.57. The van der Waals surface area contributed by atoms with Crippen molar-refractivity contribution in [3.05, 3.63) is 0 Å². The minimum Gasteiger partial charge on any atom is -0.377 e. The fraction of sp³-hybridized carbons (Fsp3) is 0.786. The lowest BCUT2D eigenvalue weighted by Crippen LogP contribution is -2.54. The normalized spacial score (nSPS) is 17.7. The second-order valence-corrected chi connectivity index (χ2v) is 5.70. The van der Waals surface area contributed by atoms with E-state index in [-0.39, 0.29) is 5.54 Å². The van der Waals surface area contributed by atoms with Crippen LogP contribution in [-0.4, -0.2) is 60.4 Å². The van der Waals surface area contributed by atoms with Crippen LogP contribution in [0.2, 0.25) is 0 Å². The first kappa shape index (κ1) is 15.8. The molecule has 0 atom stereocenters. The molecule has 21 heavy (non-hydrogen) atoms. The van der Waals surface area contributed by atoms with Crippen molar-refractivity contribution in [2.45, 2.75) is 33.2 Å². The number of anilines is 3. The van der Waals surface area contributed by atoms with Crippen LogP contribution >= 0.6 is 0 Å². The van der Waals surface area contributed by atoms with Gasteiger partial charge in [-0.3, -0.25) is 0 Å². The molecule has 0 bridgehead atoms. The average Bonchev–Trinajstić information content (AvgIpc) is 2.47. The Bertz CT molecular complexity index is 475. The Morgan fingerprint density at radius 1 is 1.24 bits per heavy atom. The monoisotopic (exact) mass is 294 g/mol. The van der Waals surface area contributed by atoms with Crippen molar-refractivity contribution < 1.29 is 4.74 Å². The van der Waals surface area contributed by atoms with Gasteiger partial charge in [-0.15, -0.1) is 0 Å². The molecule has 1 aliphatic rings. The third-order valence-electron chi connectivity index (χ3n) is 3.77. The molecule has 1 fully saturated rings. The lowest BCUT2D eigenvalue weighted by molar-refractivity contribution is 0.0634. The number of hydrogen-bond acceptors (Lipinski definition) is 7. The van der Waals surface area contributed by atoms with E-state index < -0.39 is 0 Å². The first-order chi connectivity index (χ1) is 10.0. The van der Waals surface area contributed by atoms with Gasteiger partial charge in [0.25, 0.3) is 0 Å². The van der Waals surface area contributed by atoms with E-state index in [1.54, 1.807) is 0 Å². The van der Waals surface area contributed by atoms with Crippen molar-refractivity contribution in [3.8, 4) is 0 Å². The van der Waals surface area contributed by atoms with Gasteiger partial charge in [0.2, 0.25) is 17.8 Å². The van der Waals surface area contributed by atoms with Gasteiger partial charge in [-0.25, -0.2) is 0 Å². The minimum absolute atomic E-state index is 0.120. The van der Waals surface area contributed by atoms with Gasteiger partial charge < -0.3 is 19.9 Å². The molecule has 0 amide bonds. The maximum absolute atomic E-state index is 5.57. The second-order valence-electron chi connectivity index (χ2n) is 5.70. The fourth-order valence-electron chi connectivity index (χ4n) is 2.46. The number of nitrogens with zero attached hydrogens (tertiary/aromatic N) is 5. The summed E-state index contributed by atoms with van der Waals surface area (Å²) in [4.78, 5) is 18.0. The molecule has 0 spiro atoms. The number of morpholine rings is 1. The highest BCUT2D eigenvalue weighted by Crippen LogP contribution is 2.26. The third-order valence-corrected chi connectivity index (χ3v) is 3.77. The summed E-state index contributed by atoms with van der Waals surface area (Å²) in [6, 6.07) is 0. The summed E-state index contributed by atoms with van der Waals surface area (Å²) in [6.45, 7) is 12.4. The standard InChI is InChI=1S/C14H26N6O/c1-6-19(7-2)12-16-11(15-5)17-13(18-12)20-8-9-21-10-14(20,3)4/h6-10H2,1-5H3,(H,15,16,17,18). The number of aromatic nitrogens is 3. The highest BCUT2D eigenvalue weighted by molar-refractivity contribution is 5.46. The van der Waals surface area contributed by atoms with E-state index in [9.17, 15) is 0 Å². The van der Waals surface area contributed by atoms with Crippen LogP contribution in [0.15, 0.2) is 0 Å². The smallest absolute Gasteiger partial charge is 0.232 e. The molecule has 118 valence electrons. The van der Waals surface area contributed by atoms with Crippen LogP contribution in [0, 0.1) is 0 Å². The van der Waals surface area contributed by atoms with Crippen LogP contribution in [0.4, 0.5) is 17.8 Å². The Balaban J connectivity index is 2.40. The number of ether oxygens (including phenoxy) is 1. The molecule has 0 saturated carbocycles. The van der Waals surface area contributed by atoms with Gasteiger partial charge in [-0.05, 0) is 27.7 Å². The molecule has 7 heteroatoms. The first-order valence-corrected chi connectivity index (χ1v) is 7.56. The van der Waals surface area contributed by atoms with Crippen LogP contribution in [0.5, 0.6) is 0 Å². The van der Waals surface area contributed by atoms with E-state index >= 15 is 0 Å². The molecular weight excluding hydrogens is 268 g/mol. The molecule has 0 aliphatic carbocycles. The van der Waals surface area contributed by atoms with Crippen LogP contribution in [0.1, 0.15) is 27.7 Å². The van der Waals surface area contributed by atoms with E-state index in [2.05, 4.69) is 57.8 Å². The molecule has 1 aromatic heterocycles. The molecule has 1 aromatic rings. The molecule has 2 rings (SSSR count). The zero-order valence-corrected chi connectivity index (χ0v) is 13.7. The lowest BCUT2D eigenvalue weighted by atomic mass is 10.0. The predicted octanol–water partition coefficient (Wildman–Crippen LogP) is 1.37. The van der Waals surface area contributed by atoms with Gasteiger partial charge in [-0.2, -0.15) is 15.0 Å². The van der Waals surface area contributed by atoms with Gasteiger partial charge in [0.1, 0.15) is 0 Å². The lowest BCUT2D eigenvalue weighted by Gasteiger charge is -2.42. The largest absolute Gasteiger partial charge is 0.377 e. The zero-order chi connectivity index (χ0) is 15.5. The van der Waals surface area contributed by atoms with E-state index in [0.29, 0.717) is 25.1 Å². The molecule has 7 nitrogen and oxygen atoms in total. The molecule has 0 aromatic carbocycles. The molecule has 1 saturated heterocycles. The Hall–Kier alpha value is -1.63. The van der Waals surface area contributed by atoms with E-state index in [4.69, 9.17) is 4.74 Å². The maximum atomic E-state index is 5.57. The summed E-state index contributed by atoms with van der Waals surface area (Å²) in [5, 5.41) is 3.03. The van der Waals surface area contributed by atoms with Gasteiger partial charge in [-0.1, -0.05) is 0 Å². The Kier molecular flexibility index (Phi) is 4.82.